The van der Waals surface area contributed by atoms with E-state index in [9.17, 15) is 9.59 Å². The van der Waals surface area contributed by atoms with Crippen LogP contribution < -0.4 is 0 Å². The monoisotopic (exact) mass is 332 g/mol. The maximum absolute atomic E-state index is 12.7. The summed E-state index contributed by atoms with van der Waals surface area (Å²) in [5.74, 6) is -0.210. The van der Waals surface area contributed by atoms with Gasteiger partial charge in [-0.05, 0) is 12.1 Å². The normalized spacial score (nSPS) is 13.6. The molecule has 3 aromatic rings. The third-order valence-electron chi connectivity index (χ3n) is 4.27. The van der Waals surface area contributed by atoms with E-state index in [1.165, 1.54) is 0 Å². The number of pyridine rings is 1. The molecule has 0 unspecified atom stereocenters. The maximum atomic E-state index is 12.7. The lowest BCUT2D eigenvalue weighted by Gasteiger charge is -2.25. The molecule has 1 aliphatic heterocycles. The molecule has 0 spiro atoms. The molecule has 0 fully saturated rings. The summed E-state index contributed by atoms with van der Waals surface area (Å²) in [6.45, 7) is 0.578. The van der Waals surface area contributed by atoms with Gasteiger partial charge in [-0.3, -0.25) is 14.6 Å². The van der Waals surface area contributed by atoms with Gasteiger partial charge in [-0.2, -0.15) is 5.10 Å². The van der Waals surface area contributed by atoms with Crippen molar-refractivity contribution in [1.29, 1.82) is 0 Å². The molecule has 4 rings (SSSR count). The number of Topliss-reactive ketones (excluding diaryl/α,β-unsaturated/α-hetero) is 1. The first-order valence-electron chi connectivity index (χ1n) is 8.09. The van der Waals surface area contributed by atoms with E-state index in [4.69, 9.17) is 0 Å². The number of rotatable bonds is 4. The number of hydrogen-bond donors (Lipinski definition) is 0. The number of carbonyl (C=O) groups is 2. The third kappa shape index (κ3) is 2.94. The molecule has 1 amide bonds. The van der Waals surface area contributed by atoms with Crippen LogP contribution in [0.4, 0.5) is 0 Å². The number of benzene rings is 1. The Bertz CT molecular complexity index is 919. The van der Waals surface area contributed by atoms with Gasteiger partial charge in [0.15, 0.2) is 5.78 Å². The summed E-state index contributed by atoms with van der Waals surface area (Å²) >= 11 is 0. The first-order chi connectivity index (χ1) is 12.2. The lowest BCUT2D eigenvalue weighted by molar-refractivity contribution is 0.0695. The van der Waals surface area contributed by atoms with Crippen molar-refractivity contribution in [2.45, 2.75) is 6.42 Å². The second-order valence-corrected chi connectivity index (χ2v) is 5.91. The van der Waals surface area contributed by atoms with Crippen molar-refractivity contribution in [3.8, 4) is 5.69 Å². The molecule has 0 saturated heterocycles. The van der Waals surface area contributed by atoms with E-state index in [-0.39, 0.29) is 18.2 Å². The summed E-state index contributed by atoms with van der Waals surface area (Å²) in [5.41, 5.74) is 2.73. The van der Waals surface area contributed by atoms with E-state index >= 15 is 0 Å². The quantitative estimate of drug-likeness (QED) is 0.687. The Morgan fingerprint density at radius 1 is 1.12 bits per heavy atom. The molecular weight excluding hydrogens is 316 g/mol. The van der Waals surface area contributed by atoms with Crippen LogP contribution in [0, 0.1) is 0 Å². The van der Waals surface area contributed by atoms with Crippen molar-refractivity contribution in [3.63, 3.8) is 0 Å². The highest BCUT2D eigenvalue weighted by Crippen LogP contribution is 2.20. The Balaban J connectivity index is 1.55. The summed E-state index contributed by atoms with van der Waals surface area (Å²) in [7, 11) is 0. The number of nitrogens with zero attached hydrogens (tertiary/aromatic N) is 4. The van der Waals surface area contributed by atoms with Crippen molar-refractivity contribution in [2.24, 2.45) is 0 Å². The smallest absolute Gasteiger partial charge is 0.257 e. The van der Waals surface area contributed by atoms with Crippen LogP contribution in [0.2, 0.25) is 0 Å². The average molecular weight is 332 g/mol. The number of fused-ring (bicyclic) bond motifs is 1. The molecule has 0 saturated carbocycles. The van der Waals surface area contributed by atoms with E-state index in [1.807, 2.05) is 30.3 Å². The fourth-order valence-corrected chi connectivity index (χ4v) is 2.95. The van der Waals surface area contributed by atoms with Crippen molar-refractivity contribution < 1.29 is 9.59 Å². The summed E-state index contributed by atoms with van der Waals surface area (Å²) in [4.78, 5) is 30.8. The third-order valence-corrected chi connectivity index (χ3v) is 4.27. The lowest BCUT2D eigenvalue weighted by atomic mass is 10.1. The van der Waals surface area contributed by atoms with Crippen molar-refractivity contribution in [1.82, 2.24) is 19.7 Å². The summed E-state index contributed by atoms with van der Waals surface area (Å²) in [6, 6.07) is 12.7. The van der Waals surface area contributed by atoms with Gasteiger partial charge in [0.2, 0.25) is 0 Å². The second-order valence-electron chi connectivity index (χ2n) is 5.91. The van der Waals surface area contributed by atoms with Gasteiger partial charge in [0.05, 0.1) is 29.7 Å². The lowest BCUT2D eigenvalue weighted by Crippen LogP contribution is -2.40. The Morgan fingerprint density at radius 3 is 2.72 bits per heavy atom. The van der Waals surface area contributed by atoms with E-state index < -0.39 is 0 Å². The predicted octanol–water partition coefficient (Wildman–Crippen LogP) is 2.15. The van der Waals surface area contributed by atoms with Crippen LogP contribution in [0.25, 0.3) is 5.69 Å². The Morgan fingerprint density at radius 2 is 1.96 bits per heavy atom. The molecule has 6 nitrogen and oxygen atoms in total. The van der Waals surface area contributed by atoms with Crippen LogP contribution >= 0.6 is 0 Å². The van der Waals surface area contributed by atoms with Gasteiger partial charge in [0.25, 0.3) is 5.91 Å². The topological polar surface area (TPSA) is 68.1 Å². The summed E-state index contributed by atoms with van der Waals surface area (Å²) in [5, 5.41) is 4.49. The highest BCUT2D eigenvalue weighted by Gasteiger charge is 2.29. The largest absolute Gasteiger partial charge is 0.330 e. The minimum Gasteiger partial charge on any atom is -0.330 e. The minimum absolute atomic E-state index is 0.0583. The molecule has 2 aromatic heterocycles. The number of amides is 1. The van der Waals surface area contributed by atoms with E-state index in [1.54, 1.807) is 40.3 Å². The van der Waals surface area contributed by atoms with Crippen LogP contribution in [0.5, 0.6) is 0 Å². The van der Waals surface area contributed by atoms with E-state index in [0.717, 1.165) is 11.4 Å². The van der Waals surface area contributed by atoms with Crippen molar-refractivity contribution in [3.05, 3.63) is 77.9 Å². The number of ketones is 1. The van der Waals surface area contributed by atoms with Crippen molar-refractivity contribution >= 4 is 11.7 Å². The number of carbonyl (C=O) groups excluding carboxylic acids is 2. The predicted molar refractivity (Wildman–Crippen MR) is 91.7 cm³/mol. The number of aromatic nitrogens is 3. The van der Waals surface area contributed by atoms with Crippen molar-refractivity contribution in [2.75, 3.05) is 13.1 Å². The highest BCUT2D eigenvalue weighted by atomic mass is 16.2. The zero-order valence-corrected chi connectivity index (χ0v) is 13.5. The van der Waals surface area contributed by atoms with Gasteiger partial charge in [-0.25, -0.2) is 4.68 Å². The molecule has 25 heavy (non-hydrogen) atoms. The molecule has 124 valence electrons. The fourth-order valence-electron chi connectivity index (χ4n) is 2.95. The minimum atomic E-state index is -0.152. The van der Waals surface area contributed by atoms with Gasteiger partial charge in [0.1, 0.15) is 0 Å². The standard InChI is InChI=1S/C19H16N4O2/c24-18(14-5-2-1-3-6-14)13-22-10-8-17-16(19(22)25)12-23(21-17)15-7-4-9-20-11-15/h1-7,9,11-12H,8,10,13H2. The summed E-state index contributed by atoms with van der Waals surface area (Å²) in [6.07, 6.45) is 5.73. The molecule has 0 aliphatic carbocycles. The van der Waals surface area contributed by atoms with Crippen LogP contribution in [0.1, 0.15) is 26.4 Å². The molecule has 0 N–H and O–H groups in total. The van der Waals surface area contributed by atoms with Gasteiger partial charge >= 0.3 is 0 Å². The summed E-state index contributed by atoms with van der Waals surface area (Å²) < 4.78 is 1.66. The molecule has 0 atom stereocenters. The first kappa shape index (κ1) is 15.3. The molecule has 6 heteroatoms. The van der Waals surface area contributed by atoms with Gasteiger partial charge in [0, 0.05) is 30.9 Å². The Labute approximate surface area is 144 Å². The first-order valence-corrected chi connectivity index (χ1v) is 8.09. The van der Waals surface area contributed by atoms with Gasteiger partial charge < -0.3 is 4.90 Å². The molecular formula is C19H16N4O2. The van der Waals surface area contributed by atoms with Crippen LogP contribution in [-0.4, -0.2) is 44.4 Å². The average Bonchev–Trinajstić information content (AvgIpc) is 3.11. The van der Waals surface area contributed by atoms with Crippen LogP contribution in [0.3, 0.4) is 0 Å². The SMILES string of the molecule is O=C(CN1CCc2nn(-c3cccnc3)cc2C1=O)c1ccccc1. The zero-order valence-electron chi connectivity index (χ0n) is 13.5. The number of hydrogen-bond acceptors (Lipinski definition) is 4. The zero-order chi connectivity index (χ0) is 17.2. The van der Waals surface area contributed by atoms with E-state index in [2.05, 4.69) is 10.1 Å². The second kappa shape index (κ2) is 6.32. The fraction of sp³-hybridized carbons (Fsp3) is 0.158. The molecule has 0 bridgehead atoms. The Kier molecular flexibility index (Phi) is 3.85. The molecule has 0 radical (unpaired) electrons. The van der Waals surface area contributed by atoms with Gasteiger partial charge in [-0.1, -0.05) is 30.3 Å². The highest BCUT2D eigenvalue weighted by molar-refractivity contribution is 6.02. The van der Waals surface area contributed by atoms with Crippen LogP contribution in [-0.2, 0) is 6.42 Å². The molecule has 1 aliphatic rings. The maximum Gasteiger partial charge on any atom is 0.257 e. The van der Waals surface area contributed by atoms with E-state index in [0.29, 0.717) is 24.1 Å². The molecule has 3 heterocycles. The van der Waals surface area contributed by atoms with Crippen LogP contribution in [0.15, 0.2) is 61.1 Å². The Hall–Kier alpha value is -3.28. The molecule has 1 aromatic carbocycles. The van der Waals surface area contributed by atoms with Gasteiger partial charge in [-0.15, -0.1) is 0 Å².